The molecule has 0 aliphatic rings. The summed E-state index contributed by atoms with van der Waals surface area (Å²) in [7, 11) is 0. The third-order valence-corrected chi connectivity index (χ3v) is 3.49. The van der Waals surface area contributed by atoms with Crippen molar-refractivity contribution in [1.82, 2.24) is 0 Å². The number of hydrogen-bond donors (Lipinski definition) is 2. The molecule has 7 heteroatoms. The van der Waals surface area contributed by atoms with E-state index >= 15 is 0 Å². The van der Waals surface area contributed by atoms with Gasteiger partial charge in [0, 0.05) is 10.2 Å². The molecule has 0 bridgehead atoms. The van der Waals surface area contributed by atoms with E-state index in [-0.39, 0.29) is 17.4 Å². The molecular weight excluding hydrogens is 363 g/mol. The Labute approximate surface area is 134 Å². The number of para-hydroxylation sites is 1. The Morgan fingerprint density at radius 2 is 2.14 bits per heavy atom. The van der Waals surface area contributed by atoms with Crippen LogP contribution in [0.15, 0.2) is 40.9 Å². The van der Waals surface area contributed by atoms with Gasteiger partial charge in [0.1, 0.15) is 0 Å². The molecule has 0 heterocycles. The second-order valence-corrected chi connectivity index (χ2v) is 5.39. The zero-order valence-electron chi connectivity index (χ0n) is 10.7. The number of amides is 1. The summed E-state index contributed by atoms with van der Waals surface area (Å²) in [4.78, 5) is 11.8. The summed E-state index contributed by atoms with van der Waals surface area (Å²) in [6.07, 6.45) is 0. The first-order valence-electron chi connectivity index (χ1n) is 5.89. The van der Waals surface area contributed by atoms with Gasteiger partial charge in [-0.1, -0.05) is 17.7 Å². The zero-order chi connectivity index (χ0) is 15.4. The zero-order valence-corrected chi connectivity index (χ0v) is 13.0. The van der Waals surface area contributed by atoms with E-state index < -0.39 is 11.7 Å². The highest BCUT2D eigenvalue weighted by Gasteiger charge is 2.11. The average Bonchev–Trinajstić information content (AvgIpc) is 2.41. The van der Waals surface area contributed by atoms with Crippen LogP contribution >= 0.6 is 27.5 Å². The molecule has 0 fully saturated rings. The van der Waals surface area contributed by atoms with Crippen LogP contribution in [0, 0.1) is 5.82 Å². The predicted molar refractivity (Wildman–Crippen MR) is 84.1 cm³/mol. The van der Waals surface area contributed by atoms with Crippen LogP contribution in [0.1, 0.15) is 0 Å². The molecule has 0 atom stereocenters. The average molecular weight is 374 g/mol. The molecule has 0 aliphatic carbocycles. The lowest BCUT2D eigenvalue weighted by molar-refractivity contribution is -0.118. The SMILES string of the molecule is Nc1ccc(NC(=O)COc2c(F)cccc2Cl)c(Br)c1. The van der Waals surface area contributed by atoms with Crippen molar-refractivity contribution in [2.45, 2.75) is 0 Å². The lowest BCUT2D eigenvalue weighted by atomic mass is 10.3. The molecule has 4 nitrogen and oxygen atoms in total. The molecule has 2 rings (SSSR count). The number of benzene rings is 2. The van der Waals surface area contributed by atoms with Crippen molar-refractivity contribution in [3.05, 3.63) is 51.7 Å². The lowest BCUT2D eigenvalue weighted by Crippen LogP contribution is -2.20. The molecule has 3 N–H and O–H groups in total. The van der Waals surface area contributed by atoms with Gasteiger partial charge in [-0.15, -0.1) is 0 Å². The molecule has 1 amide bonds. The fourth-order valence-corrected chi connectivity index (χ4v) is 2.29. The molecule has 2 aromatic carbocycles. The van der Waals surface area contributed by atoms with E-state index in [1.807, 2.05) is 0 Å². The van der Waals surface area contributed by atoms with Crippen molar-refractivity contribution in [2.75, 3.05) is 17.7 Å². The first kappa shape index (κ1) is 15.6. The maximum Gasteiger partial charge on any atom is 0.262 e. The number of rotatable bonds is 4. The Balaban J connectivity index is 1.99. The van der Waals surface area contributed by atoms with Crippen LogP contribution in [0.5, 0.6) is 5.75 Å². The standard InChI is InChI=1S/C14H11BrClFN2O2/c15-9-6-8(18)4-5-12(9)19-13(20)7-21-14-10(16)2-1-3-11(14)17/h1-6H,7,18H2,(H,19,20). The Kier molecular flexibility index (Phi) is 5.03. The summed E-state index contributed by atoms with van der Waals surface area (Å²) in [6, 6.07) is 9.09. The number of carbonyl (C=O) groups excluding carboxylic acids is 1. The minimum Gasteiger partial charge on any atom is -0.479 e. The molecule has 0 saturated heterocycles. The highest BCUT2D eigenvalue weighted by atomic mass is 79.9. The van der Waals surface area contributed by atoms with Gasteiger partial charge in [0.05, 0.1) is 10.7 Å². The maximum absolute atomic E-state index is 13.5. The molecule has 21 heavy (non-hydrogen) atoms. The Morgan fingerprint density at radius 1 is 1.38 bits per heavy atom. The van der Waals surface area contributed by atoms with Crippen molar-refractivity contribution >= 4 is 44.8 Å². The quantitative estimate of drug-likeness (QED) is 0.800. The van der Waals surface area contributed by atoms with E-state index in [0.717, 1.165) is 0 Å². The normalized spacial score (nSPS) is 10.2. The van der Waals surface area contributed by atoms with Gasteiger partial charge in [-0.25, -0.2) is 4.39 Å². The molecule has 0 saturated carbocycles. The number of hydrogen-bond acceptors (Lipinski definition) is 3. The van der Waals surface area contributed by atoms with E-state index in [1.165, 1.54) is 18.2 Å². The minimum absolute atomic E-state index is 0.108. The first-order chi connectivity index (χ1) is 9.97. The second kappa shape index (κ2) is 6.78. The molecule has 0 spiro atoms. The van der Waals surface area contributed by atoms with Gasteiger partial charge in [0.15, 0.2) is 18.2 Å². The van der Waals surface area contributed by atoms with Crippen molar-refractivity contribution < 1.29 is 13.9 Å². The van der Waals surface area contributed by atoms with Gasteiger partial charge in [-0.2, -0.15) is 0 Å². The van der Waals surface area contributed by atoms with Crippen molar-refractivity contribution in [1.29, 1.82) is 0 Å². The van der Waals surface area contributed by atoms with Crippen LogP contribution in [0.25, 0.3) is 0 Å². The number of carbonyl (C=O) groups is 1. The third-order valence-electron chi connectivity index (χ3n) is 2.53. The fourth-order valence-electron chi connectivity index (χ4n) is 1.58. The predicted octanol–water partition coefficient (Wildman–Crippen LogP) is 3.84. The van der Waals surface area contributed by atoms with Gasteiger partial charge >= 0.3 is 0 Å². The molecule has 0 unspecified atom stereocenters. The van der Waals surface area contributed by atoms with E-state index in [4.69, 9.17) is 22.1 Å². The molecule has 110 valence electrons. The molecular formula is C14H11BrClFN2O2. The Morgan fingerprint density at radius 3 is 2.81 bits per heavy atom. The largest absolute Gasteiger partial charge is 0.479 e. The summed E-state index contributed by atoms with van der Waals surface area (Å²) in [5.74, 6) is -1.21. The van der Waals surface area contributed by atoms with Gasteiger partial charge in [0.2, 0.25) is 0 Å². The first-order valence-corrected chi connectivity index (χ1v) is 7.06. The number of anilines is 2. The van der Waals surface area contributed by atoms with Gasteiger partial charge < -0.3 is 15.8 Å². The van der Waals surface area contributed by atoms with Crippen molar-refractivity contribution in [3.8, 4) is 5.75 Å². The lowest BCUT2D eigenvalue weighted by Gasteiger charge is -2.10. The summed E-state index contributed by atoms with van der Waals surface area (Å²) >= 11 is 9.08. The summed E-state index contributed by atoms with van der Waals surface area (Å²) < 4.78 is 19.2. The number of nitrogens with two attached hydrogens (primary N) is 1. The van der Waals surface area contributed by atoms with Crippen LogP contribution in [0.2, 0.25) is 5.02 Å². The topological polar surface area (TPSA) is 64.3 Å². The summed E-state index contributed by atoms with van der Waals surface area (Å²) in [6.45, 7) is -0.364. The van der Waals surface area contributed by atoms with Crippen LogP contribution in [-0.2, 0) is 4.79 Å². The monoisotopic (exact) mass is 372 g/mol. The summed E-state index contributed by atoms with van der Waals surface area (Å²) in [5, 5.41) is 2.72. The highest BCUT2D eigenvalue weighted by Crippen LogP contribution is 2.27. The van der Waals surface area contributed by atoms with E-state index in [2.05, 4.69) is 21.2 Å². The third kappa shape index (κ3) is 4.09. The van der Waals surface area contributed by atoms with Crippen LogP contribution in [-0.4, -0.2) is 12.5 Å². The van der Waals surface area contributed by atoms with Crippen LogP contribution in [0.4, 0.5) is 15.8 Å². The Bertz CT molecular complexity index is 662. The fraction of sp³-hybridized carbons (Fsp3) is 0.0714. The van der Waals surface area contributed by atoms with Crippen LogP contribution < -0.4 is 15.8 Å². The summed E-state index contributed by atoms with van der Waals surface area (Å²) in [5.41, 5.74) is 6.71. The van der Waals surface area contributed by atoms with Gasteiger partial charge in [0.25, 0.3) is 5.91 Å². The smallest absolute Gasteiger partial charge is 0.262 e. The Hall–Kier alpha value is -1.79. The van der Waals surface area contributed by atoms with Crippen LogP contribution in [0.3, 0.4) is 0 Å². The number of nitrogen functional groups attached to an aromatic ring is 1. The molecule has 0 aliphatic heterocycles. The molecule has 2 aromatic rings. The molecule has 0 aromatic heterocycles. The number of nitrogens with one attached hydrogen (secondary N) is 1. The van der Waals surface area contributed by atoms with Gasteiger partial charge in [-0.05, 0) is 46.3 Å². The minimum atomic E-state index is -0.621. The number of ether oxygens (including phenoxy) is 1. The van der Waals surface area contributed by atoms with Crippen molar-refractivity contribution in [2.24, 2.45) is 0 Å². The second-order valence-electron chi connectivity index (χ2n) is 4.13. The van der Waals surface area contributed by atoms with Crippen molar-refractivity contribution in [3.63, 3.8) is 0 Å². The number of halogens is 3. The van der Waals surface area contributed by atoms with E-state index in [9.17, 15) is 9.18 Å². The van der Waals surface area contributed by atoms with E-state index in [0.29, 0.717) is 15.8 Å². The molecule has 0 radical (unpaired) electrons. The van der Waals surface area contributed by atoms with Gasteiger partial charge in [-0.3, -0.25) is 4.79 Å². The highest BCUT2D eigenvalue weighted by molar-refractivity contribution is 9.10. The van der Waals surface area contributed by atoms with E-state index in [1.54, 1.807) is 18.2 Å². The maximum atomic E-state index is 13.5.